The van der Waals surface area contributed by atoms with Crippen molar-refractivity contribution < 1.29 is 34.5 Å². The number of thioether (sulfide) groups is 1. The number of nitrogens with two attached hydrogens (primary N) is 3. The number of hydrogen-bond acceptors (Lipinski definition) is 8. The third-order valence-corrected chi connectivity index (χ3v) is 4.74. The first-order valence-electron chi connectivity index (χ1n) is 7.85. The molecule has 11 nitrogen and oxygen atoms in total. The van der Waals surface area contributed by atoms with Gasteiger partial charge in [-0.3, -0.25) is 14.4 Å². The Morgan fingerprint density at radius 1 is 1.07 bits per heavy atom. The van der Waals surface area contributed by atoms with Gasteiger partial charge in [0.1, 0.15) is 16.4 Å². The van der Waals surface area contributed by atoms with E-state index in [0.717, 1.165) is 0 Å². The average Bonchev–Trinajstić information content (AvgIpc) is 2.62. The molecule has 0 aliphatic rings. The van der Waals surface area contributed by atoms with Gasteiger partial charge in [-0.05, 0) is 31.3 Å². The SMILES string of the molecule is CSCC[C@H](NC(=O)[C@@H](N)CCC(Cl)(Cl)C(N)C(=O)O)C(=O)O.NCC(=O)O. The molecule has 0 aliphatic heterocycles. The zero-order chi connectivity index (χ0) is 22.5. The lowest BCUT2D eigenvalue weighted by Gasteiger charge is -2.25. The van der Waals surface area contributed by atoms with Gasteiger partial charge >= 0.3 is 17.9 Å². The van der Waals surface area contributed by atoms with Crippen LogP contribution in [0.3, 0.4) is 0 Å². The number of carbonyl (C=O) groups excluding carboxylic acids is 1. The van der Waals surface area contributed by atoms with Crippen LogP contribution in [0.4, 0.5) is 0 Å². The Morgan fingerprint density at radius 3 is 1.93 bits per heavy atom. The van der Waals surface area contributed by atoms with Gasteiger partial charge in [-0.1, -0.05) is 23.2 Å². The molecular weight excluding hydrogens is 439 g/mol. The molecule has 1 unspecified atom stereocenters. The Labute approximate surface area is 176 Å². The van der Waals surface area contributed by atoms with E-state index in [9.17, 15) is 19.2 Å². The fourth-order valence-corrected chi connectivity index (χ4v) is 2.46. The molecule has 0 aromatic heterocycles. The lowest BCUT2D eigenvalue weighted by atomic mass is 10.0. The summed E-state index contributed by atoms with van der Waals surface area (Å²) in [7, 11) is 0. The highest BCUT2D eigenvalue weighted by Crippen LogP contribution is 2.30. The van der Waals surface area contributed by atoms with Gasteiger partial charge in [-0.25, -0.2) is 4.79 Å². The van der Waals surface area contributed by atoms with Crippen molar-refractivity contribution in [2.45, 2.75) is 41.7 Å². The van der Waals surface area contributed by atoms with Gasteiger partial charge in [0.05, 0.1) is 12.6 Å². The topological polar surface area (TPSA) is 219 Å². The third-order valence-electron chi connectivity index (χ3n) is 3.25. The van der Waals surface area contributed by atoms with Crippen LogP contribution in [0, 0.1) is 0 Å². The molecule has 0 saturated heterocycles. The predicted octanol–water partition coefficient (Wildman–Crippen LogP) is -0.968. The first kappa shape index (κ1) is 28.9. The summed E-state index contributed by atoms with van der Waals surface area (Å²) in [5.74, 6) is -3.61. The second-order valence-electron chi connectivity index (χ2n) is 5.50. The van der Waals surface area contributed by atoms with E-state index in [-0.39, 0.29) is 25.8 Å². The van der Waals surface area contributed by atoms with Crippen molar-refractivity contribution in [1.82, 2.24) is 5.32 Å². The maximum atomic E-state index is 11.9. The first-order valence-corrected chi connectivity index (χ1v) is 10.0. The van der Waals surface area contributed by atoms with Gasteiger partial charge in [-0.15, -0.1) is 0 Å². The van der Waals surface area contributed by atoms with E-state index in [1.165, 1.54) is 11.8 Å². The second-order valence-corrected chi connectivity index (χ2v) is 8.03. The van der Waals surface area contributed by atoms with E-state index in [4.69, 9.17) is 50.0 Å². The number of carbonyl (C=O) groups is 4. The Hall–Kier alpha value is -1.31. The summed E-state index contributed by atoms with van der Waals surface area (Å²) in [5, 5.41) is 27.7. The normalized spacial score (nSPS) is 14.1. The number of halogens is 2. The van der Waals surface area contributed by atoms with E-state index < -0.39 is 46.3 Å². The van der Waals surface area contributed by atoms with Crippen molar-refractivity contribution in [3.8, 4) is 0 Å². The van der Waals surface area contributed by atoms with Crippen molar-refractivity contribution in [2.24, 2.45) is 17.2 Å². The molecule has 1 amide bonds. The molecule has 0 fully saturated rings. The molecule has 0 saturated carbocycles. The van der Waals surface area contributed by atoms with Crippen molar-refractivity contribution >= 4 is 58.8 Å². The number of alkyl halides is 2. The largest absolute Gasteiger partial charge is 0.480 e. The van der Waals surface area contributed by atoms with Crippen LogP contribution in [0.15, 0.2) is 0 Å². The van der Waals surface area contributed by atoms with Gasteiger partial charge in [-0.2, -0.15) is 11.8 Å². The summed E-state index contributed by atoms with van der Waals surface area (Å²) in [6, 6.07) is -3.66. The van der Waals surface area contributed by atoms with E-state index in [1.54, 1.807) is 0 Å². The molecule has 28 heavy (non-hydrogen) atoms. The minimum absolute atomic E-state index is 0.0469. The van der Waals surface area contributed by atoms with Crippen molar-refractivity contribution in [2.75, 3.05) is 18.6 Å². The third kappa shape index (κ3) is 13.0. The Kier molecular flexibility index (Phi) is 15.1. The standard InChI is InChI=1S/C12H21Cl2N3O5S.C2H5NO2/c1-23-5-3-7(10(19)20)17-9(18)6(15)2-4-12(13,14)8(16)11(21)22;3-1-2(4)5/h6-8H,2-5,15-16H2,1H3,(H,17,18)(H,19,20)(H,21,22);1,3H2,(H,4,5)/t6-,7-,8?;/m0./s1. The number of carboxylic acid groups (broad SMARTS) is 3. The van der Waals surface area contributed by atoms with Gasteiger partial charge in [0.25, 0.3) is 0 Å². The monoisotopic (exact) mass is 464 g/mol. The summed E-state index contributed by atoms with van der Waals surface area (Å²) in [4.78, 5) is 43.0. The van der Waals surface area contributed by atoms with Crippen LogP contribution in [-0.2, 0) is 19.2 Å². The number of hydrogen-bond donors (Lipinski definition) is 7. The number of rotatable bonds is 12. The first-order chi connectivity index (χ1) is 12.8. The van der Waals surface area contributed by atoms with Crippen LogP contribution in [0.1, 0.15) is 19.3 Å². The van der Waals surface area contributed by atoms with Gasteiger partial charge in [0, 0.05) is 0 Å². The number of amides is 1. The van der Waals surface area contributed by atoms with Crippen LogP contribution in [-0.4, -0.2) is 80.1 Å². The van der Waals surface area contributed by atoms with Gasteiger partial charge in [0.2, 0.25) is 5.91 Å². The van der Waals surface area contributed by atoms with Crippen LogP contribution < -0.4 is 22.5 Å². The number of aliphatic carboxylic acids is 3. The van der Waals surface area contributed by atoms with E-state index in [1.807, 2.05) is 6.26 Å². The van der Waals surface area contributed by atoms with Gasteiger partial charge in [0.15, 0.2) is 0 Å². The zero-order valence-electron chi connectivity index (χ0n) is 15.1. The lowest BCUT2D eigenvalue weighted by Crippen LogP contribution is -2.50. The van der Waals surface area contributed by atoms with Crippen molar-refractivity contribution in [3.05, 3.63) is 0 Å². The summed E-state index contributed by atoms with van der Waals surface area (Å²) in [6.45, 7) is -0.278. The molecule has 0 rings (SSSR count). The number of carboxylic acids is 3. The molecule has 0 heterocycles. The Bertz CT molecular complexity index is 540. The molecule has 0 aromatic carbocycles. The van der Waals surface area contributed by atoms with Crippen LogP contribution in [0.5, 0.6) is 0 Å². The minimum atomic E-state index is -1.78. The molecule has 164 valence electrons. The quantitative estimate of drug-likeness (QED) is 0.174. The highest BCUT2D eigenvalue weighted by Gasteiger charge is 2.38. The molecule has 10 N–H and O–H groups in total. The smallest absolute Gasteiger partial charge is 0.326 e. The summed E-state index contributed by atoms with van der Waals surface area (Å²) in [5.41, 5.74) is 15.6. The van der Waals surface area contributed by atoms with Crippen molar-refractivity contribution in [1.29, 1.82) is 0 Å². The van der Waals surface area contributed by atoms with Crippen LogP contribution in [0.25, 0.3) is 0 Å². The molecule has 0 spiro atoms. The fourth-order valence-electron chi connectivity index (χ4n) is 1.59. The maximum Gasteiger partial charge on any atom is 0.326 e. The van der Waals surface area contributed by atoms with E-state index in [2.05, 4.69) is 11.1 Å². The summed E-state index contributed by atoms with van der Waals surface area (Å²) >= 11 is 13.1. The molecule has 0 bridgehead atoms. The minimum Gasteiger partial charge on any atom is -0.480 e. The van der Waals surface area contributed by atoms with E-state index in [0.29, 0.717) is 5.75 Å². The van der Waals surface area contributed by atoms with Crippen LogP contribution >= 0.6 is 35.0 Å². The lowest BCUT2D eigenvalue weighted by molar-refractivity contribution is -0.142. The molecule has 0 aliphatic carbocycles. The van der Waals surface area contributed by atoms with Gasteiger partial charge < -0.3 is 37.8 Å². The molecule has 0 radical (unpaired) electrons. The summed E-state index contributed by atoms with van der Waals surface area (Å²) < 4.78 is -1.78. The van der Waals surface area contributed by atoms with Crippen LogP contribution in [0.2, 0.25) is 0 Å². The fraction of sp³-hybridized carbons (Fsp3) is 0.714. The van der Waals surface area contributed by atoms with E-state index >= 15 is 0 Å². The molecule has 3 atom stereocenters. The molecule has 14 heteroatoms. The summed E-state index contributed by atoms with van der Waals surface area (Å²) in [6.07, 6.45) is 1.89. The average molecular weight is 465 g/mol. The maximum absolute atomic E-state index is 11.9. The Balaban J connectivity index is 0. The second kappa shape index (κ2) is 14.7. The predicted molar refractivity (Wildman–Crippen MR) is 107 cm³/mol. The Morgan fingerprint density at radius 2 is 1.57 bits per heavy atom. The molecule has 0 aromatic rings. The molecular formula is C14H26Cl2N4O7S. The highest BCUT2D eigenvalue weighted by molar-refractivity contribution is 7.98. The highest BCUT2D eigenvalue weighted by atomic mass is 35.5. The number of nitrogens with one attached hydrogen (secondary N) is 1. The zero-order valence-corrected chi connectivity index (χ0v) is 17.5. The van der Waals surface area contributed by atoms with Crippen molar-refractivity contribution in [3.63, 3.8) is 0 Å².